The Hall–Kier alpha value is -1.64. The lowest BCUT2D eigenvalue weighted by atomic mass is 9.88. The molecule has 1 saturated carbocycles. The Morgan fingerprint density at radius 2 is 1.32 bits per heavy atom. The van der Waals surface area contributed by atoms with Crippen molar-refractivity contribution in [1.29, 1.82) is 0 Å². The highest BCUT2D eigenvalue weighted by atomic mass is 15.0. The minimum absolute atomic E-state index is 0.459. The maximum atomic E-state index is 3.83. The summed E-state index contributed by atoms with van der Waals surface area (Å²) in [6.45, 7) is 4.43. The van der Waals surface area contributed by atoms with Crippen molar-refractivity contribution in [3.8, 4) is 0 Å². The lowest BCUT2D eigenvalue weighted by Gasteiger charge is -2.24. The van der Waals surface area contributed by atoms with Gasteiger partial charge in [-0.05, 0) is 43.9 Å². The Morgan fingerprint density at radius 3 is 1.89 bits per heavy atom. The molecule has 1 unspecified atom stereocenters. The predicted molar refractivity (Wildman–Crippen MR) is 121 cm³/mol. The molecule has 1 aliphatic carbocycles. The van der Waals surface area contributed by atoms with E-state index in [1.165, 1.54) is 56.1 Å². The molecule has 1 atom stereocenters. The van der Waals surface area contributed by atoms with Crippen molar-refractivity contribution in [2.45, 2.75) is 76.3 Å². The molecule has 2 aromatic carbocycles. The SMILES string of the molecule is CC(CNC1CCCCCCC1)NCCC(c1ccccc1)c1ccccc1. The van der Waals surface area contributed by atoms with E-state index in [9.17, 15) is 0 Å². The van der Waals surface area contributed by atoms with Crippen LogP contribution in [0.25, 0.3) is 0 Å². The van der Waals surface area contributed by atoms with Gasteiger partial charge in [-0.3, -0.25) is 0 Å². The first-order valence-electron chi connectivity index (χ1n) is 11.4. The first-order chi connectivity index (χ1) is 13.8. The van der Waals surface area contributed by atoms with E-state index >= 15 is 0 Å². The molecule has 1 fully saturated rings. The smallest absolute Gasteiger partial charge is 0.0164 e. The summed E-state index contributed by atoms with van der Waals surface area (Å²) in [4.78, 5) is 0. The monoisotopic (exact) mass is 378 g/mol. The van der Waals surface area contributed by atoms with Crippen molar-refractivity contribution in [2.75, 3.05) is 13.1 Å². The molecule has 0 bridgehead atoms. The largest absolute Gasteiger partial charge is 0.313 e. The molecular weight excluding hydrogens is 340 g/mol. The highest BCUT2D eigenvalue weighted by Crippen LogP contribution is 2.27. The van der Waals surface area contributed by atoms with E-state index in [2.05, 4.69) is 78.2 Å². The van der Waals surface area contributed by atoms with Gasteiger partial charge in [-0.15, -0.1) is 0 Å². The first kappa shape index (κ1) is 21.1. The van der Waals surface area contributed by atoms with Crippen LogP contribution in [0.2, 0.25) is 0 Å². The third kappa shape index (κ3) is 7.07. The quantitative estimate of drug-likeness (QED) is 0.568. The van der Waals surface area contributed by atoms with Crippen LogP contribution in [-0.2, 0) is 0 Å². The maximum absolute atomic E-state index is 3.83. The van der Waals surface area contributed by atoms with Crippen LogP contribution in [0.3, 0.4) is 0 Å². The molecule has 28 heavy (non-hydrogen) atoms. The molecule has 152 valence electrons. The van der Waals surface area contributed by atoms with E-state index in [-0.39, 0.29) is 0 Å². The summed E-state index contributed by atoms with van der Waals surface area (Å²) in [6.07, 6.45) is 10.9. The molecule has 0 aromatic heterocycles. The average Bonchev–Trinajstić information content (AvgIpc) is 2.72. The van der Waals surface area contributed by atoms with Crippen LogP contribution in [0.4, 0.5) is 0 Å². The summed E-state index contributed by atoms with van der Waals surface area (Å²) >= 11 is 0. The molecule has 0 saturated heterocycles. The molecule has 0 amide bonds. The Kier molecular flexibility index (Phi) is 9.06. The fraction of sp³-hybridized carbons (Fsp3) is 0.538. The summed E-state index contributed by atoms with van der Waals surface area (Å²) in [5, 5.41) is 7.59. The van der Waals surface area contributed by atoms with Crippen LogP contribution in [0.5, 0.6) is 0 Å². The molecular formula is C26H38N2. The van der Waals surface area contributed by atoms with Crippen LogP contribution >= 0.6 is 0 Å². The average molecular weight is 379 g/mol. The minimum Gasteiger partial charge on any atom is -0.313 e. The van der Waals surface area contributed by atoms with Gasteiger partial charge in [0.1, 0.15) is 0 Å². The van der Waals surface area contributed by atoms with Gasteiger partial charge in [0.15, 0.2) is 0 Å². The second-order valence-corrected chi connectivity index (χ2v) is 8.47. The third-order valence-electron chi connectivity index (χ3n) is 6.15. The van der Waals surface area contributed by atoms with Crippen molar-refractivity contribution < 1.29 is 0 Å². The first-order valence-corrected chi connectivity index (χ1v) is 11.4. The van der Waals surface area contributed by atoms with Crippen LogP contribution in [0.15, 0.2) is 60.7 Å². The highest BCUT2D eigenvalue weighted by molar-refractivity contribution is 5.32. The number of hydrogen-bond acceptors (Lipinski definition) is 2. The Labute approximate surface area is 172 Å². The van der Waals surface area contributed by atoms with E-state index < -0.39 is 0 Å². The van der Waals surface area contributed by atoms with E-state index in [1.807, 2.05) is 0 Å². The molecule has 0 heterocycles. The van der Waals surface area contributed by atoms with Gasteiger partial charge in [0.2, 0.25) is 0 Å². The van der Waals surface area contributed by atoms with Crippen LogP contribution in [-0.4, -0.2) is 25.2 Å². The minimum atomic E-state index is 0.459. The zero-order valence-corrected chi connectivity index (χ0v) is 17.6. The van der Waals surface area contributed by atoms with Gasteiger partial charge in [0.25, 0.3) is 0 Å². The van der Waals surface area contributed by atoms with Gasteiger partial charge in [0, 0.05) is 24.5 Å². The zero-order valence-electron chi connectivity index (χ0n) is 17.6. The van der Waals surface area contributed by atoms with Crippen molar-refractivity contribution in [1.82, 2.24) is 10.6 Å². The lowest BCUT2D eigenvalue weighted by Crippen LogP contribution is -2.41. The molecule has 1 aliphatic rings. The van der Waals surface area contributed by atoms with Crippen molar-refractivity contribution in [3.63, 3.8) is 0 Å². The summed E-state index contributed by atoms with van der Waals surface area (Å²) in [5.41, 5.74) is 2.83. The fourth-order valence-electron chi connectivity index (χ4n) is 4.45. The van der Waals surface area contributed by atoms with E-state index in [0.29, 0.717) is 12.0 Å². The van der Waals surface area contributed by atoms with Gasteiger partial charge in [-0.1, -0.05) is 92.8 Å². The standard InChI is InChI=1S/C26H38N2/c1-22(21-28-25-17-11-3-2-4-12-18-25)27-20-19-26(23-13-7-5-8-14-23)24-15-9-6-10-16-24/h5-10,13-16,22,25-28H,2-4,11-12,17-21H2,1H3. The number of hydrogen-bond donors (Lipinski definition) is 2. The van der Waals surface area contributed by atoms with Crippen molar-refractivity contribution in [3.05, 3.63) is 71.8 Å². The van der Waals surface area contributed by atoms with Gasteiger partial charge in [-0.2, -0.15) is 0 Å². The molecule has 0 radical (unpaired) electrons. The van der Waals surface area contributed by atoms with Crippen molar-refractivity contribution in [2.24, 2.45) is 0 Å². The molecule has 0 spiro atoms. The summed E-state index contributed by atoms with van der Waals surface area (Å²) < 4.78 is 0. The van der Waals surface area contributed by atoms with E-state index in [4.69, 9.17) is 0 Å². The van der Waals surface area contributed by atoms with Gasteiger partial charge in [-0.25, -0.2) is 0 Å². The van der Waals surface area contributed by atoms with Crippen molar-refractivity contribution >= 4 is 0 Å². The zero-order chi connectivity index (χ0) is 19.4. The highest BCUT2D eigenvalue weighted by Gasteiger charge is 2.15. The Bertz CT molecular complexity index is 592. The molecule has 2 N–H and O–H groups in total. The maximum Gasteiger partial charge on any atom is 0.0164 e. The van der Waals surface area contributed by atoms with Gasteiger partial charge in [0.05, 0.1) is 0 Å². The second kappa shape index (κ2) is 12.0. The molecule has 3 rings (SSSR count). The van der Waals surface area contributed by atoms with Crippen LogP contribution in [0.1, 0.15) is 75.3 Å². The normalized spacial score (nSPS) is 17.2. The van der Waals surface area contributed by atoms with Gasteiger partial charge < -0.3 is 10.6 Å². The summed E-state index contributed by atoms with van der Waals surface area (Å²) in [6, 6.07) is 23.1. The Balaban J connectivity index is 1.46. The molecule has 2 heteroatoms. The van der Waals surface area contributed by atoms with Crippen LogP contribution in [0, 0.1) is 0 Å². The number of rotatable bonds is 9. The second-order valence-electron chi connectivity index (χ2n) is 8.47. The Morgan fingerprint density at radius 1 is 0.786 bits per heavy atom. The number of nitrogens with one attached hydrogen (secondary N) is 2. The fourth-order valence-corrected chi connectivity index (χ4v) is 4.45. The lowest BCUT2D eigenvalue weighted by molar-refractivity contribution is 0.370. The third-order valence-corrected chi connectivity index (χ3v) is 6.15. The molecule has 0 aliphatic heterocycles. The summed E-state index contributed by atoms with van der Waals surface area (Å²) in [5.74, 6) is 0.459. The molecule has 2 nitrogen and oxygen atoms in total. The van der Waals surface area contributed by atoms with Gasteiger partial charge >= 0.3 is 0 Å². The van der Waals surface area contributed by atoms with E-state index in [1.54, 1.807) is 0 Å². The topological polar surface area (TPSA) is 24.1 Å². The summed E-state index contributed by atoms with van der Waals surface area (Å²) in [7, 11) is 0. The predicted octanol–water partition coefficient (Wildman–Crippen LogP) is 5.89. The van der Waals surface area contributed by atoms with Crippen LogP contribution < -0.4 is 10.6 Å². The number of benzene rings is 2. The van der Waals surface area contributed by atoms with E-state index in [0.717, 1.165) is 25.6 Å². The molecule has 2 aromatic rings.